The molecule has 0 bridgehead atoms. The van der Waals surface area contributed by atoms with Crippen LogP contribution in [0, 0.1) is 11.7 Å². The summed E-state index contributed by atoms with van der Waals surface area (Å²) in [5, 5.41) is 2.41. The number of ketones is 1. The number of carbonyl (C=O) groups is 4. The average molecular weight is 939 g/mol. The summed E-state index contributed by atoms with van der Waals surface area (Å²) in [6.07, 6.45) is 6.79. The Balaban J connectivity index is 0.730. The molecule has 7 heterocycles. The number of halogens is 3. The molecule has 0 unspecified atom stereocenters. The maximum atomic E-state index is 15.3. The van der Waals surface area contributed by atoms with Crippen LogP contribution in [-0.4, -0.2) is 114 Å². The number of hydrogen-bond donors (Lipinski definition) is 3. The van der Waals surface area contributed by atoms with Gasteiger partial charge in [0.25, 0.3) is 5.91 Å². The summed E-state index contributed by atoms with van der Waals surface area (Å²) in [4.78, 5) is 65.3. The highest BCUT2D eigenvalue weighted by atomic mass is 35.5. The highest BCUT2D eigenvalue weighted by Gasteiger charge is 2.40. The number of piperidine rings is 3. The van der Waals surface area contributed by atoms with E-state index in [1.54, 1.807) is 17.2 Å². The number of H-pyrrole nitrogens is 1. The Morgan fingerprint density at radius 2 is 1.67 bits per heavy atom. The third-order valence-electron chi connectivity index (χ3n) is 14.1. The van der Waals surface area contributed by atoms with Gasteiger partial charge in [-0.25, -0.2) is 13.8 Å². The molecule has 2 atom stereocenters. The monoisotopic (exact) mass is 938 g/mol. The number of aromatic amines is 1. The van der Waals surface area contributed by atoms with Crippen molar-refractivity contribution in [3.8, 4) is 11.1 Å². The van der Waals surface area contributed by atoms with Gasteiger partial charge in [0, 0.05) is 85.8 Å². The van der Waals surface area contributed by atoms with Gasteiger partial charge in [-0.05, 0) is 117 Å². The number of benzene rings is 3. The number of carbonyl (C=O) groups excluding carboxylic acids is 4. The fourth-order valence-electron chi connectivity index (χ4n) is 10.3. The molecule has 3 N–H and O–H groups in total. The van der Waals surface area contributed by atoms with E-state index in [2.05, 4.69) is 54.1 Å². The van der Waals surface area contributed by atoms with Gasteiger partial charge in [-0.3, -0.25) is 29.2 Å². The van der Waals surface area contributed by atoms with Crippen LogP contribution in [0.15, 0.2) is 73.1 Å². The van der Waals surface area contributed by atoms with Crippen molar-refractivity contribution in [2.45, 2.75) is 69.6 Å². The summed E-state index contributed by atoms with van der Waals surface area (Å²) in [6.45, 7) is 5.09. The van der Waals surface area contributed by atoms with Gasteiger partial charge < -0.3 is 19.7 Å². The normalized spacial score (nSPS) is 21.5. The Labute approximate surface area is 385 Å². The molecular formula is C48H49ClF2N8O6S. The Bertz CT molecular complexity index is 2860. The second-order valence-electron chi connectivity index (χ2n) is 18.2. The summed E-state index contributed by atoms with van der Waals surface area (Å²) in [5.74, 6) is -1.48. The third kappa shape index (κ3) is 8.57. The quantitative estimate of drug-likeness (QED) is 0.0953. The molecule has 2 aromatic heterocycles. The molecule has 0 aliphatic carbocycles. The smallest absolute Gasteiger partial charge is 0.301 e. The first-order chi connectivity index (χ1) is 31.8. The minimum atomic E-state index is -4.20. The van der Waals surface area contributed by atoms with E-state index < -0.39 is 50.5 Å². The van der Waals surface area contributed by atoms with E-state index in [4.69, 9.17) is 11.6 Å². The number of rotatable bonds is 11. The molecule has 5 aliphatic rings. The Hall–Kier alpha value is -5.75. The maximum Gasteiger partial charge on any atom is 0.301 e. The van der Waals surface area contributed by atoms with Crippen molar-refractivity contribution in [2.75, 3.05) is 55.4 Å². The van der Waals surface area contributed by atoms with E-state index in [-0.39, 0.29) is 49.0 Å². The number of alkyl halides is 1. The topological polar surface area (TPSA) is 168 Å². The molecule has 0 radical (unpaired) electrons. The zero-order valence-corrected chi connectivity index (χ0v) is 37.6. The number of hydrogen-bond acceptors (Lipinski definition) is 9. The van der Waals surface area contributed by atoms with Crippen LogP contribution < -0.4 is 14.9 Å². The number of likely N-dealkylation sites (tertiary alicyclic amines) is 1. The lowest BCUT2D eigenvalue weighted by atomic mass is 9.87. The predicted octanol–water partition coefficient (Wildman–Crippen LogP) is 6.81. The van der Waals surface area contributed by atoms with Crippen LogP contribution in [0.4, 0.5) is 20.2 Å². The minimum Gasteiger partial charge on any atom is -0.372 e. The van der Waals surface area contributed by atoms with Gasteiger partial charge in [0.2, 0.25) is 11.8 Å². The van der Waals surface area contributed by atoms with Gasteiger partial charge in [-0.2, -0.15) is 12.7 Å². The van der Waals surface area contributed by atoms with Crippen molar-refractivity contribution in [3.05, 3.63) is 112 Å². The van der Waals surface area contributed by atoms with Gasteiger partial charge in [0.05, 0.1) is 16.3 Å². The predicted molar refractivity (Wildman–Crippen MR) is 246 cm³/mol. The molecule has 4 saturated heterocycles. The lowest BCUT2D eigenvalue weighted by molar-refractivity contribution is -0.136. The number of amides is 3. The van der Waals surface area contributed by atoms with Crippen molar-refractivity contribution in [1.29, 1.82) is 0 Å². The van der Waals surface area contributed by atoms with Crippen molar-refractivity contribution in [2.24, 2.45) is 5.92 Å². The summed E-state index contributed by atoms with van der Waals surface area (Å²) >= 11 is 6.51. The summed E-state index contributed by atoms with van der Waals surface area (Å²) in [7, 11) is -4.20. The zero-order chi connectivity index (χ0) is 45.9. The second-order valence-corrected chi connectivity index (χ2v) is 20.2. The molecule has 10 rings (SSSR count). The van der Waals surface area contributed by atoms with E-state index in [1.807, 2.05) is 18.2 Å². The van der Waals surface area contributed by atoms with E-state index >= 15 is 4.39 Å². The standard InChI is InChI=1S/C48H49ClF2N8O6S/c49-44-40(55-66(64,65)58-20-15-34(50)27-58)8-7-39(51)43(44)45(61)38-24-53-46-37(38)22-32(23-52-46)29-1-4-35(5-2-29)57-18-11-28(12-19-57)25-56-16-13-30(14-17-56)31-3-6-36-33(21-31)26-59(48(36)63)41-9-10-42(60)54-47(41)62/h1-8,21-24,28,30,34,41,55H,9-20,25-27H2,(H,52,53)(H,54,60,62)/t34-,41+/m1/s1. The van der Waals surface area contributed by atoms with Gasteiger partial charge >= 0.3 is 10.2 Å². The van der Waals surface area contributed by atoms with Crippen LogP contribution in [0.1, 0.15) is 88.3 Å². The van der Waals surface area contributed by atoms with Gasteiger partial charge in [-0.15, -0.1) is 0 Å². The number of imide groups is 1. The second kappa shape index (κ2) is 17.8. The highest BCUT2D eigenvalue weighted by molar-refractivity contribution is 7.90. The lowest BCUT2D eigenvalue weighted by Gasteiger charge is -2.38. The number of nitrogens with zero attached hydrogens (tertiary/aromatic N) is 5. The van der Waals surface area contributed by atoms with Gasteiger partial charge in [-0.1, -0.05) is 35.9 Å². The molecule has 344 valence electrons. The first-order valence-corrected chi connectivity index (χ1v) is 24.4. The molecule has 14 nitrogen and oxygen atoms in total. The van der Waals surface area contributed by atoms with Gasteiger partial charge in [0.1, 0.15) is 23.7 Å². The van der Waals surface area contributed by atoms with Crippen LogP contribution in [0.5, 0.6) is 0 Å². The van der Waals surface area contributed by atoms with E-state index in [0.29, 0.717) is 41.4 Å². The molecule has 4 fully saturated rings. The first kappa shape index (κ1) is 44.1. The van der Waals surface area contributed by atoms with Crippen LogP contribution in [0.3, 0.4) is 0 Å². The fraction of sp³-hybridized carbons (Fsp3) is 0.396. The third-order valence-corrected chi connectivity index (χ3v) is 16.0. The van der Waals surface area contributed by atoms with Crippen LogP contribution in [-0.2, 0) is 26.3 Å². The first-order valence-electron chi connectivity index (χ1n) is 22.6. The summed E-state index contributed by atoms with van der Waals surface area (Å²) in [6, 6.07) is 17.7. The number of pyridine rings is 1. The molecule has 5 aromatic rings. The van der Waals surface area contributed by atoms with Crippen LogP contribution in [0.2, 0.25) is 5.02 Å². The number of fused-ring (bicyclic) bond motifs is 2. The zero-order valence-electron chi connectivity index (χ0n) is 36.1. The summed E-state index contributed by atoms with van der Waals surface area (Å²) in [5.41, 5.74) is 5.44. The largest absolute Gasteiger partial charge is 0.372 e. The van der Waals surface area contributed by atoms with Gasteiger partial charge in [0.15, 0.2) is 5.78 Å². The average Bonchev–Trinajstić information content (AvgIpc) is 4.04. The van der Waals surface area contributed by atoms with Crippen LogP contribution in [0.25, 0.3) is 22.2 Å². The molecule has 0 saturated carbocycles. The molecular weight excluding hydrogens is 890 g/mol. The molecule has 3 aromatic carbocycles. The molecule has 3 amide bonds. The van der Waals surface area contributed by atoms with Crippen molar-refractivity contribution < 1.29 is 36.4 Å². The number of anilines is 2. The summed E-state index contributed by atoms with van der Waals surface area (Å²) < 4.78 is 58.1. The number of aromatic nitrogens is 2. The maximum absolute atomic E-state index is 15.3. The van der Waals surface area contributed by atoms with Crippen LogP contribution >= 0.6 is 11.6 Å². The minimum absolute atomic E-state index is 0.0134. The molecule has 18 heteroatoms. The lowest BCUT2D eigenvalue weighted by Crippen LogP contribution is -2.52. The Morgan fingerprint density at radius 3 is 2.39 bits per heavy atom. The van der Waals surface area contributed by atoms with Crippen molar-refractivity contribution in [1.82, 2.24) is 29.4 Å². The van der Waals surface area contributed by atoms with E-state index in [0.717, 1.165) is 97.2 Å². The number of nitrogens with one attached hydrogen (secondary N) is 3. The van der Waals surface area contributed by atoms with Crippen molar-refractivity contribution in [3.63, 3.8) is 0 Å². The molecule has 66 heavy (non-hydrogen) atoms. The van der Waals surface area contributed by atoms with E-state index in [9.17, 15) is 32.0 Å². The SMILES string of the molecule is O=C1CC[C@H](N2Cc3cc(C4CCN(CC5CCN(c6ccc(-c7cnc8[nH]cc(C(=O)c9c(F)ccc(NS(=O)(=O)N%10CC[C@@H](F)C%10)c9Cl)c8c7)cc6)CC5)CC4)ccc3C2=O)C(=O)N1. The molecule has 5 aliphatic heterocycles. The fourth-order valence-corrected chi connectivity index (χ4v) is 12.0. The van der Waals surface area contributed by atoms with Crippen molar-refractivity contribution >= 4 is 67.7 Å². The molecule has 0 spiro atoms. The highest BCUT2D eigenvalue weighted by Crippen LogP contribution is 2.37. The Kier molecular flexibility index (Phi) is 11.9. The van der Waals surface area contributed by atoms with E-state index in [1.165, 1.54) is 11.8 Å². The Morgan fingerprint density at radius 1 is 0.894 bits per heavy atom.